The van der Waals surface area contributed by atoms with E-state index in [9.17, 15) is 19.7 Å². The van der Waals surface area contributed by atoms with E-state index < -0.39 is 16.1 Å². The fourth-order valence-corrected chi connectivity index (χ4v) is 3.96. The van der Waals surface area contributed by atoms with Crippen LogP contribution in [0.2, 0.25) is 10.0 Å². The van der Waals surface area contributed by atoms with Gasteiger partial charge in [-0.15, -0.1) is 0 Å². The van der Waals surface area contributed by atoms with Crippen molar-refractivity contribution in [1.82, 2.24) is 0 Å². The number of benzene rings is 2. The van der Waals surface area contributed by atoms with Crippen molar-refractivity contribution in [2.75, 3.05) is 4.90 Å². The molecule has 1 aliphatic heterocycles. The second kappa shape index (κ2) is 7.98. The van der Waals surface area contributed by atoms with Gasteiger partial charge in [-0.2, -0.15) is 0 Å². The van der Waals surface area contributed by atoms with E-state index in [0.29, 0.717) is 10.7 Å². The Morgan fingerprint density at radius 1 is 1.00 bits per heavy atom. The molecule has 2 heterocycles. The van der Waals surface area contributed by atoms with E-state index in [1.807, 2.05) is 0 Å². The first-order chi connectivity index (χ1) is 14.3. The van der Waals surface area contributed by atoms with Gasteiger partial charge in [0.2, 0.25) is 0 Å². The van der Waals surface area contributed by atoms with Gasteiger partial charge in [-0.1, -0.05) is 23.2 Å². The average Bonchev–Trinajstić information content (AvgIpc) is 3.27. The number of thioether (sulfide) groups is 1. The van der Waals surface area contributed by atoms with Gasteiger partial charge < -0.3 is 4.42 Å². The minimum atomic E-state index is -0.555. The minimum absolute atomic E-state index is 0.168. The molecule has 4 rings (SSSR count). The lowest BCUT2D eigenvalue weighted by Crippen LogP contribution is -2.27. The molecule has 0 atom stereocenters. The Balaban J connectivity index is 1.64. The van der Waals surface area contributed by atoms with E-state index >= 15 is 0 Å². The zero-order chi connectivity index (χ0) is 21.4. The van der Waals surface area contributed by atoms with Gasteiger partial charge >= 0.3 is 0 Å². The van der Waals surface area contributed by atoms with Gasteiger partial charge in [-0.3, -0.25) is 19.7 Å². The Bertz CT molecular complexity index is 1220. The molecule has 10 heteroatoms. The molecule has 2 amide bonds. The summed E-state index contributed by atoms with van der Waals surface area (Å²) in [5.74, 6) is 0.0140. The van der Waals surface area contributed by atoms with Gasteiger partial charge in [-0.05, 0) is 60.3 Å². The molecule has 1 aliphatic rings. The van der Waals surface area contributed by atoms with E-state index in [4.69, 9.17) is 27.6 Å². The highest BCUT2D eigenvalue weighted by atomic mass is 35.5. The Hall–Kier alpha value is -3.07. The summed E-state index contributed by atoms with van der Waals surface area (Å²) in [4.78, 5) is 37.0. The van der Waals surface area contributed by atoms with Crippen LogP contribution < -0.4 is 4.90 Å². The number of nitrogens with zero attached hydrogens (tertiary/aromatic N) is 2. The zero-order valence-corrected chi connectivity index (χ0v) is 17.2. The summed E-state index contributed by atoms with van der Waals surface area (Å²) in [6.45, 7) is 0. The molecule has 0 radical (unpaired) electrons. The maximum atomic E-state index is 12.7. The number of rotatable bonds is 4. The molecular formula is C20H10Cl2N2O5S. The summed E-state index contributed by atoms with van der Waals surface area (Å²) in [5.41, 5.74) is 0.451. The average molecular weight is 461 g/mol. The van der Waals surface area contributed by atoms with Gasteiger partial charge in [0, 0.05) is 22.2 Å². The molecule has 1 saturated heterocycles. The normalized spacial score (nSPS) is 15.3. The summed E-state index contributed by atoms with van der Waals surface area (Å²) in [5, 5.41) is 11.6. The number of halogens is 2. The number of hydrogen-bond donors (Lipinski definition) is 0. The first-order valence-corrected chi connectivity index (χ1v) is 9.98. The number of nitro groups is 1. The number of anilines is 1. The molecule has 3 aromatic rings. The van der Waals surface area contributed by atoms with E-state index in [2.05, 4.69) is 0 Å². The minimum Gasteiger partial charge on any atom is -0.456 e. The van der Waals surface area contributed by atoms with Crippen LogP contribution in [-0.4, -0.2) is 16.1 Å². The van der Waals surface area contributed by atoms with Crippen molar-refractivity contribution in [3.8, 4) is 11.3 Å². The van der Waals surface area contributed by atoms with E-state index in [1.165, 1.54) is 24.3 Å². The number of amides is 2. The third-order valence-corrected chi connectivity index (χ3v) is 5.56. The summed E-state index contributed by atoms with van der Waals surface area (Å²) in [7, 11) is 0. The third-order valence-electron chi connectivity index (χ3n) is 4.20. The van der Waals surface area contributed by atoms with E-state index in [-0.39, 0.29) is 32.7 Å². The fourth-order valence-electron chi connectivity index (χ4n) is 2.85. The van der Waals surface area contributed by atoms with Crippen molar-refractivity contribution in [1.29, 1.82) is 0 Å². The lowest BCUT2D eigenvalue weighted by molar-refractivity contribution is -0.384. The molecule has 0 saturated carbocycles. The lowest BCUT2D eigenvalue weighted by Gasteiger charge is -2.11. The molecular weight excluding hydrogens is 451 g/mol. The zero-order valence-electron chi connectivity index (χ0n) is 14.9. The first kappa shape index (κ1) is 20.2. The van der Waals surface area contributed by atoms with Crippen molar-refractivity contribution < 1.29 is 18.9 Å². The number of hydrogen-bond acceptors (Lipinski definition) is 6. The van der Waals surface area contributed by atoms with Crippen LogP contribution in [-0.2, 0) is 4.79 Å². The molecule has 0 bridgehead atoms. The second-order valence-corrected chi connectivity index (χ2v) is 7.98. The first-order valence-electron chi connectivity index (χ1n) is 8.41. The van der Waals surface area contributed by atoms with Crippen molar-refractivity contribution in [3.63, 3.8) is 0 Å². The summed E-state index contributed by atoms with van der Waals surface area (Å²) in [6.07, 6.45) is 1.42. The van der Waals surface area contributed by atoms with Crippen LogP contribution in [0.3, 0.4) is 0 Å². The van der Waals surface area contributed by atoms with Crippen LogP contribution in [0.25, 0.3) is 17.4 Å². The van der Waals surface area contributed by atoms with Gasteiger partial charge in [-0.25, -0.2) is 4.90 Å². The number of carbonyl (C=O) groups is 2. The Morgan fingerprint density at radius 3 is 2.40 bits per heavy atom. The monoisotopic (exact) mass is 460 g/mol. The van der Waals surface area contributed by atoms with E-state index in [0.717, 1.165) is 16.7 Å². The fraction of sp³-hybridized carbons (Fsp3) is 0. The van der Waals surface area contributed by atoms with Crippen molar-refractivity contribution in [2.24, 2.45) is 0 Å². The topological polar surface area (TPSA) is 93.7 Å². The van der Waals surface area contributed by atoms with Crippen LogP contribution in [0.1, 0.15) is 5.76 Å². The number of carbonyl (C=O) groups excluding carboxylic acids is 2. The Labute approximate surface area is 184 Å². The number of furan rings is 1. The maximum Gasteiger partial charge on any atom is 0.298 e. The highest BCUT2D eigenvalue weighted by Crippen LogP contribution is 2.38. The van der Waals surface area contributed by atoms with Gasteiger partial charge in [0.15, 0.2) is 0 Å². The lowest BCUT2D eigenvalue weighted by atomic mass is 10.1. The maximum absolute atomic E-state index is 12.7. The van der Waals surface area contributed by atoms with Crippen LogP contribution in [0, 0.1) is 10.1 Å². The third kappa shape index (κ3) is 3.85. The molecule has 0 aliphatic carbocycles. The van der Waals surface area contributed by atoms with Crippen LogP contribution >= 0.6 is 35.0 Å². The molecule has 150 valence electrons. The van der Waals surface area contributed by atoms with Gasteiger partial charge in [0.05, 0.1) is 21.1 Å². The van der Waals surface area contributed by atoms with E-state index in [1.54, 1.807) is 36.4 Å². The Kier molecular flexibility index (Phi) is 5.38. The Morgan fingerprint density at radius 2 is 1.70 bits per heavy atom. The molecule has 7 nitrogen and oxygen atoms in total. The van der Waals surface area contributed by atoms with Crippen molar-refractivity contribution in [3.05, 3.63) is 85.4 Å². The summed E-state index contributed by atoms with van der Waals surface area (Å²) < 4.78 is 5.67. The number of nitro benzene ring substituents is 1. The number of imide groups is 1. The highest BCUT2D eigenvalue weighted by molar-refractivity contribution is 8.19. The predicted octanol–water partition coefficient (Wildman–Crippen LogP) is 6.40. The van der Waals surface area contributed by atoms with Crippen molar-refractivity contribution in [2.45, 2.75) is 0 Å². The molecule has 0 spiro atoms. The van der Waals surface area contributed by atoms with Crippen LogP contribution in [0.5, 0.6) is 0 Å². The smallest absolute Gasteiger partial charge is 0.298 e. The van der Waals surface area contributed by atoms with Crippen LogP contribution in [0.15, 0.2) is 63.9 Å². The quantitative estimate of drug-likeness (QED) is 0.254. The summed E-state index contributed by atoms with van der Waals surface area (Å²) >= 11 is 12.5. The second-order valence-electron chi connectivity index (χ2n) is 6.11. The molecule has 1 fully saturated rings. The SMILES string of the molecule is O=C1S/C(=C/c2ccc(-c3ccc(Cl)cc3[N+](=O)[O-])o2)C(=O)N1c1ccc(Cl)cc1. The van der Waals surface area contributed by atoms with Crippen LogP contribution in [0.4, 0.5) is 16.2 Å². The van der Waals surface area contributed by atoms with Gasteiger partial charge in [0.1, 0.15) is 11.5 Å². The standard InChI is InChI=1S/C20H10Cl2N2O5S/c21-11-1-4-13(5-2-11)23-19(25)18(30-20(23)26)10-14-6-8-17(29-14)15-7-3-12(22)9-16(15)24(27)28/h1-10H/b18-10+. The molecule has 30 heavy (non-hydrogen) atoms. The predicted molar refractivity (Wildman–Crippen MR) is 116 cm³/mol. The molecule has 0 unspecified atom stereocenters. The van der Waals surface area contributed by atoms with Gasteiger partial charge in [0.25, 0.3) is 16.8 Å². The largest absolute Gasteiger partial charge is 0.456 e. The highest BCUT2D eigenvalue weighted by Gasteiger charge is 2.36. The molecule has 1 aromatic heterocycles. The molecule has 0 N–H and O–H groups in total. The molecule has 2 aromatic carbocycles. The van der Waals surface area contributed by atoms with Crippen molar-refractivity contribution >= 4 is 63.6 Å². The summed E-state index contributed by atoms with van der Waals surface area (Å²) in [6, 6.07) is 13.7.